The van der Waals surface area contributed by atoms with Crippen molar-refractivity contribution in [1.82, 2.24) is 0 Å². The summed E-state index contributed by atoms with van der Waals surface area (Å²) in [7, 11) is 0.400. The lowest BCUT2D eigenvalue weighted by Gasteiger charge is -2.26. The molecule has 1 rings (SSSR count). The summed E-state index contributed by atoms with van der Waals surface area (Å²) in [5.41, 5.74) is 0. The Labute approximate surface area is 116 Å². The first kappa shape index (κ1) is 14.3. The molecule has 1 aromatic carbocycles. The number of methoxy groups -OCH3 is 1. The third-order valence-corrected chi connectivity index (χ3v) is 9.77. The summed E-state index contributed by atoms with van der Waals surface area (Å²) in [5.74, 6) is 0.942. The molecule has 4 heteroatoms. The molecule has 0 aliphatic heterocycles. The quantitative estimate of drug-likeness (QED) is 0.550. The molecule has 0 atom stereocenters. The molecule has 0 bridgehead atoms. The van der Waals surface area contributed by atoms with Gasteiger partial charge in [-0.2, -0.15) is 0 Å². The van der Waals surface area contributed by atoms with Crippen LogP contribution in [0.4, 0.5) is 0 Å². The fourth-order valence-corrected chi connectivity index (χ4v) is 9.71. The molecule has 0 fully saturated rings. The van der Waals surface area contributed by atoms with E-state index in [9.17, 15) is 0 Å². The van der Waals surface area contributed by atoms with E-state index in [2.05, 4.69) is 62.7 Å². The fourth-order valence-electron chi connectivity index (χ4n) is 1.82. The number of benzene rings is 1. The summed E-state index contributed by atoms with van der Waals surface area (Å²) in [6.07, 6.45) is 0. The summed E-state index contributed by atoms with van der Waals surface area (Å²) < 4.78 is 5.20. The number of hydrogen-bond acceptors (Lipinski definition) is 1. The molecule has 0 unspecified atom stereocenters. The van der Waals surface area contributed by atoms with E-state index in [1.807, 2.05) is 0 Å². The van der Waals surface area contributed by atoms with Gasteiger partial charge in [-0.05, 0) is 24.2 Å². The van der Waals surface area contributed by atoms with Crippen molar-refractivity contribution in [2.75, 3.05) is 17.8 Å². The largest absolute Gasteiger partial charge is 0.497 e. The maximum atomic E-state index is 5.20. The third kappa shape index (κ3) is 3.60. The normalized spacial score (nSPS) is 11.5. The molecule has 0 aromatic heterocycles. The fraction of sp³-hybridized carbons (Fsp3) is 0.500. The molecule has 0 heterocycles. The Morgan fingerprint density at radius 1 is 1.06 bits per heavy atom. The molecule has 0 radical (unpaired) electrons. The lowest BCUT2D eigenvalue weighted by atomic mass is 10.3. The first-order chi connectivity index (χ1) is 7.66. The van der Waals surface area contributed by atoms with E-state index in [4.69, 9.17) is 4.74 Å². The van der Waals surface area contributed by atoms with Crippen LogP contribution in [-0.2, 0) is 0 Å². The Morgan fingerprint density at radius 3 is 1.94 bits per heavy atom. The zero-order valence-electron chi connectivity index (χ0n) is 9.80. The van der Waals surface area contributed by atoms with Crippen molar-refractivity contribution < 1.29 is 4.74 Å². The van der Waals surface area contributed by atoms with Gasteiger partial charge in [0.05, 0.1) is 15.2 Å². The van der Waals surface area contributed by atoms with E-state index < -0.39 is 8.07 Å². The molecule has 16 heavy (non-hydrogen) atoms. The molecule has 0 saturated heterocycles. The predicted molar refractivity (Wildman–Crippen MR) is 81.4 cm³/mol. The van der Waals surface area contributed by atoms with Gasteiger partial charge in [-0.1, -0.05) is 55.7 Å². The minimum atomic E-state index is -1.31. The van der Waals surface area contributed by atoms with Gasteiger partial charge in [-0.25, -0.2) is 0 Å². The van der Waals surface area contributed by atoms with E-state index in [0.717, 1.165) is 16.4 Å². The topological polar surface area (TPSA) is 9.23 Å². The van der Waals surface area contributed by atoms with Gasteiger partial charge in [-0.15, -0.1) is 0 Å². The molecule has 0 spiro atoms. The molecular formula is C12H18Br2OSi. The van der Waals surface area contributed by atoms with Crippen LogP contribution in [0.25, 0.3) is 0 Å². The number of rotatable bonds is 6. The second-order valence-electron chi connectivity index (χ2n) is 4.17. The highest BCUT2D eigenvalue weighted by atomic mass is 79.9. The van der Waals surface area contributed by atoms with Gasteiger partial charge in [0.2, 0.25) is 0 Å². The Hall–Kier alpha value is 0.197. The van der Waals surface area contributed by atoms with Crippen molar-refractivity contribution in [3.63, 3.8) is 0 Å². The van der Waals surface area contributed by atoms with Crippen LogP contribution in [0.1, 0.15) is 0 Å². The van der Waals surface area contributed by atoms with Gasteiger partial charge in [-0.3, -0.25) is 0 Å². The van der Waals surface area contributed by atoms with Gasteiger partial charge in [0.15, 0.2) is 0 Å². The second-order valence-corrected chi connectivity index (χ2v) is 10.5. The molecular weight excluding hydrogens is 348 g/mol. The van der Waals surface area contributed by atoms with Gasteiger partial charge in [0.1, 0.15) is 5.75 Å². The second kappa shape index (κ2) is 6.82. The van der Waals surface area contributed by atoms with Crippen LogP contribution < -0.4 is 9.92 Å². The number of hydrogen-bond donors (Lipinski definition) is 0. The van der Waals surface area contributed by atoms with E-state index in [1.165, 1.54) is 17.3 Å². The minimum absolute atomic E-state index is 0.942. The van der Waals surface area contributed by atoms with Gasteiger partial charge in [0.25, 0.3) is 0 Å². The highest BCUT2D eigenvalue weighted by Crippen LogP contribution is 2.20. The summed E-state index contributed by atoms with van der Waals surface area (Å²) in [4.78, 5) is 0. The van der Waals surface area contributed by atoms with Crippen molar-refractivity contribution in [3.8, 4) is 5.75 Å². The van der Waals surface area contributed by atoms with Crippen LogP contribution in [0, 0.1) is 0 Å². The molecule has 0 aliphatic carbocycles. The average Bonchev–Trinajstić information content (AvgIpc) is 2.30. The van der Waals surface area contributed by atoms with Gasteiger partial charge >= 0.3 is 0 Å². The molecule has 0 saturated carbocycles. The van der Waals surface area contributed by atoms with Crippen molar-refractivity contribution in [2.24, 2.45) is 0 Å². The minimum Gasteiger partial charge on any atom is -0.497 e. The SMILES string of the molecule is COc1ccc([Si](C)(CCBr)CCBr)cc1. The van der Waals surface area contributed by atoms with Gasteiger partial charge < -0.3 is 4.74 Å². The standard InChI is InChI=1S/C12H18Br2OSi/c1-15-11-3-5-12(6-4-11)16(2,9-7-13)10-8-14/h3-6H,7-10H2,1-2H3. The van der Waals surface area contributed by atoms with Crippen molar-refractivity contribution in [1.29, 1.82) is 0 Å². The first-order valence-electron chi connectivity index (χ1n) is 5.43. The van der Waals surface area contributed by atoms with E-state index in [0.29, 0.717) is 0 Å². The molecule has 0 amide bonds. The van der Waals surface area contributed by atoms with Crippen molar-refractivity contribution in [3.05, 3.63) is 24.3 Å². The predicted octanol–water partition coefficient (Wildman–Crippen LogP) is 3.77. The van der Waals surface area contributed by atoms with Crippen LogP contribution >= 0.6 is 31.9 Å². The zero-order valence-corrected chi connectivity index (χ0v) is 14.0. The summed E-state index contributed by atoms with van der Waals surface area (Å²) in [5, 5.41) is 3.70. The summed E-state index contributed by atoms with van der Waals surface area (Å²) >= 11 is 7.15. The molecule has 90 valence electrons. The monoisotopic (exact) mass is 364 g/mol. The maximum absolute atomic E-state index is 5.20. The zero-order chi connectivity index (χ0) is 12.0. The molecule has 0 N–H and O–H groups in total. The number of ether oxygens (including phenoxy) is 1. The van der Waals surface area contributed by atoms with Gasteiger partial charge in [0, 0.05) is 10.7 Å². The first-order valence-corrected chi connectivity index (χ1v) is 10.6. The lowest BCUT2D eigenvalue weighted by Crippen LogP contribution is -2.45. The van der Waals surface area contributed by atoms with Crippen molar-refractivity contribution >= 4 is 45.1 Å². The average molecular weight is 366 g/mol. The highest BCUT2D eigenvalue weighted by molar-refractivity contribution is 9.09. The maximum Gasteiger partial charge on any atom is 0.118 e. The summed E-state index contributed by atoms with van der Waals surface area (Å²) in [6, 6.07) is 11.2. The van der Waals surface area contributed by atoms with Crippen LogP contribution in [0.5, 0.6) is 5.75 Å². The van der Waals surface area contributed by atoms with Crippen LogP contribution in [0.2, 0.25) is 18.6 Å². The van der Waals surface area contributed by atoms with E-state index in [-0.39, 0.29) is 0 Å². The number of halogens is 2. The highest BCUT2D eigenvalue weighted by Gasteiger charge is 2.27. The lowest BCUT2D eigenvalue weighted by molar-refractivity contribution is 0.415. The summed E-state index contributed by atoms with van der Waals surface area (Å²) in [6.45, 7) is 2.46. The van der Waals surface area contributed by atoms with Crippen LogP contribution in [0.15, 0.2) is 24.3 Å². The number of alkyl halides is 2. The Kier molecular flexibility index (Phi) is 6.08. The van der Waals surface area contributed by atoms with Crippen molar-refractivity contribution in [2.45, 2.75) is 18.6 Å². The Bertz CT molecular complexity index is 307. The molecule has 1 aromatic rings. The molecule has 0 aliphatic rings. The smallest absolute Gasteiger partial charge is 0.118 e. The van der Waals surface area contributed by atoms with Crippen LogP contribution in [0.3, 0.4) is 0 Å². The molecule has 1 nitrogen and oxygen atoms in total. The Morgan fingerprint density at radius 2 is 1.56 bits per heavy atom. The van der Waals surface area contributed by atoms with E-state index in [1.54, 1.807) is 7.11 Å². The Balaban J connectivity index is 2.91. The van der Waals surface area contributed by atoms with Crippen LogP contribution in [-0.4, -0.2) is 25.8 Å². The van der Waals surface area contributed by atoms with E-state index >= 15 is 0 Å². The third-order valence-electron chi connectivity index (χ3n) is 3.08.